The van der Waals surface area contributed by atoms with Crippen LogP contribution in [0.1, 0.15) is 95.7 Å². The van der Waals surface area contributed by atoms with Gasteiger partial charge in [0.2, 0.25) is 0 Å². The number of aromatic hydroxyl groups is 2. The van der Waals surface area contributed by atoms with E-state index in [9.17, 15) is 10.2 Å². The smallest absolute Gasteiger partial charge is 0.123 e. The standard InChI is InChI=1S/C30H47NO3/c1-20-14-21(27(33)25(15-20)30(8,9)10)18-31(12-13-34-11)19-23-24(29(5,6)7)16-22(17-26(23)32)28(2,3)4/h14-17,32-33H,12-13,18-19H2,1-11H3. The Morgan fingerprint density at radius 1 is 0.765 bits per heavy atom. The van der Waals surface area contributed by atoms with Crippen molar-refractivity contribution in [1.82, 2.24) is 4.90 Å². The lowest BCUT2D eigenvalue weighted by atomic mass is 9.78. The van der Waals surface area contributed by atoms with E-state index in [0.717, 1.165) is 33.4 Å². The maximum atomic E-state index is 11.2. The van der Waals surface area contributed by atoms with Crippen molar-refractivity contribution in [2.75, 3.05) is 20.3 Å². The molecule has 0 saturated carbocycles. The highest BCUT2D eigenvalue weighted by atomic mass is 16.5. The van der Waals surface area contributed by atoms with Crippen molar-refractivity contribution in [2.45, 2.75) is 98.6 Å². The Morgan fingerprint density at radius 2 is 1.35 bits per heavy atom. The molecule has 0 aliphatic carbocycles. The van der Waals surface area contributed by atoms with E-state index >= 15 is 0 Å². The number of ether oxygens (including phenoxy) is 1. The number of hydrogen-bond acceptors (Lipinski definition) is 4. The largest absolute Gasteiger partial charge is 0.508 e. The predicted octanol–water partition coefficient (Wildman–Crippen LogP) is 6.95. The number of methoxy groups -OCH3 is 1. The molecule has 0 bridgehead atoms. The summed E-state index contributed by atoms with van der Waals surface area (Å²) in [6, 6.07) is 8.32. The zero-order valence-electron chi connectivity index (χ0n) is 23.4. The molecular weight excluding hydrogens is 422 g/mol. The molecule has 2 aromatic rings. The molecule has 0 radical (unpaired) electrons. The Kier molecular flexibility index (Phi) is 8.54. The topological polar surface area (TPSA) is 52.9 Å². The molecule has 2 N–H and O–H groups in total. The van der Waals surface area contributed by atoms with E-state index in [0.29, 0.717) is 37.7 Å². The van der Waals surface area contributed by atoms with Crippen molar-refractivity contribution in [2.24, 2.45) is 0 Å². The minimum absolute atomic E-state index is 0.0531. The van der Waals surface area contributed by atoms with E-state index < -0.39 is 0 Å². The lowest BCUT2D eigenvalue weighted by molar-refractivity contribution is 0.138. The van der Waals surface area contributed by atoms with Gasteiger partial charge in [-0.15, -0.1) is 0 Å². The Labute approximate surface area is 208 Å². The highest BCUT2D eigenvalue weighted by Crippen LogP contribution is 2.39. The first kappa shape index (κ1) is 28.2. The average Bonchev–Trinajstić information content (AvgIpc) is 2.67. The zero-order valence-corrected chi connectivity index (χ0v) is 23.4. The van der Waals surface area contributed by atoms with Crippen LogP contribution in [-0.4, -0.2) is 35.4 Å². The second-order valence-corrected chi connectivity index (χ2v) is 12.8. The summed E-state index contributed by atoms with van der Waals surface area (Å²) in [7, 11) is 1.70. The summed E-state index contributed by atoms with van der Waals surface area (Å²) in [6.07, 6.45) is 0. The van der Waals surface area contributed by atoms with E-state index in [4.69, 9.17) is 4.74 Å². The molecule has 0 aromatic heterocycles. The van der Waals surface area contributed by atoms with Gasteiger partial charge in [0, 0.05) is 37.9 Å². The highest BCUT2D eigenvalue weighted by molar-refractivity contribution is 5.49. The number of phenolic OH excluding ortho intramolecular Hbond substituents is 2. The van der Waals surface area contributed by atoms with Crippen LogP contribution in [0.4, 0.5) is 0 Å². The van der Waals surface area contributed by atoms with Crippen LogP contribution in [0.5, 0.6) is 11.5 Å². The summed E-state index contributed by atoms with van der Waals surface area (Å²) >= 11 is 0. The molecule has 0 unspecified atom stereocenters. The Bertz CT molecular complexity index is 988. The van der Waals surface area contributed by atoms with Crippen molar-refractivity contribution >= 4 is 0 Å². The molecule has 34 heavy (non-hydrogen) atoms. The van der Waals surface area contributed by atoms with E-state index in [-0.39, 0.29) is 16.2 Å². The number of rotatable bonds is 7. The van der Waals surface area contributed by atoms with E-state index in [2.05, 4.69) is 92.3 Å². The fourth-order valence-electron chi connectivity index (χ4n) is 4.37. The molecule has 0 aliphatic rings. The Hall–Kier alpha value is -2.04. The minimum Gasteiger partial charge on any atom is -0.508 e. The molecule has 4 heteroatoms. The number of phenols is 2. The molecule has 2 aromatic carbocycles. The third kappa shape index (κ3) is 6.99. The second kappa shape index (κ2) is 10.3. The van der Waals surface area contributed by atoms with Gasteiger partial charge in [0.15, 0.2) is 0 Å². The van der Waals surface area contributed by atoms with E-state index in [1.807, 2.05) is 6.07 Å². The molecule has 0 amide bonds. The van der Waals surface area contributed by atoms with E-state index in [1.54, 1.807) is 7.11 Å². The zero-order chi connectivity index (χ0) is 26.1. The first-order chi connectivity index (χ1) is 15.4. The second-order valence-electron chi connectivity index (χ2n) is 12.8. The van der Waals surface area contributed by atoms with Gasteiger partial charge in [-0.25, -0.2) is 0 Å². The van der Waals surface area contributed by atoms with Gasteiger partial charge in [0.25, 0.3) is 0 Å². The van der Waals surface area contributed by atoms with Crippen molar-refractivity contribution in [3.63, 3.8) is 0 Å². The molecular formula is C30H47NO3. The average molecular weight is 470 g/mol. The first-order valence-corrected chi connectivity index (χ1v) is 12.4. The molecule has 0 aliphatic heterocycles. The van der Waals surface area contributed by atoms with Gasteiger partial charge in [0.1, 0.15) is 11.5 Å². The van der Waals surface area contributed by atoms with Crippen molar-refractivity contribution in [3.8, 4) is 11.5 Å². The monoisotopic (exact) mass is 469 g/mol. The third-order valence-corrected chi connectivity index (χ3v) is 6.43. The van der Waals surface area contributed by atoms with Crippen LogP contribution >= 0.6 is 0 Å². The molecule has 0 spiro atoms. The van der Waals surface area contributed by atoms with Crippen molar-refractivity contribution < 1.29 is 14.9 Å². The number of nitrogens with zero attached hydrogens (tertiary/aromatic N) is 1. The van der Waals surface area contributed by atoms with Gasteiger partial charge in [-0.1, -0.05) is 86.1 Å². The van der Waals surface area contributed by atoms with Gasteiger partial charge in [-0.05, 0) is 45.9 Å². The maximum Gasteiger partial charge on any atom is 0.123 e. The molecule has 0 atom stereocenters. The van der Waals surface area contributed by atoms with Crippen LogP contribution in [0, 0.1) is 6.92 Å². The van der Waals surface area contributed by atoms with Crippen LogP contribution in [0.25, 0.3) is 0 Å². The number of benzene rings is 2. The highest BCUT2D eigenvalue weighted by Gasteiger charge is 2.27. The molecule has 0 heterocycles. The summed E-state index contributed by atoms with van der Waals surface area (Å²) in [5.74, 6) is 0.701. The predicted molar refractivity (Wildman–Crippen MR) is 143 cm³/mol. The normalized spacial score (nSPS) is 13.1. The van der Waals surface area contributed by atoms with Crippen molar-refractivity contribution in [1.29, 1.82) is 0 Å². The Balaban J connectivity index is 2.55. The van der Waals surface area contributed by atoms with Gasteiger partial charge in [0.05, 0.1) is 6.61 Å². The lowest BCUT2D eigenvalue weighted by Gasteiger charge is -2.31. The van der Waals surface area contributed by atoms with Gasteiger partial charge >= 0.3 is 0 Å². The summed E-state index contributed by atoms with van der Waals surface area (Å²) in [4.78, 5) is 2.26. The fourth-order valence-corrected chi connectivity index (χ4v) is 4.37. The summed E-state index contributed by atoms with van der Waals surface area (Å²) in [5, 5.41) is 22.3. The SMILES string of the molecule is COCCN(Cc1cc(C)cc(C(C)(C)C)c1O)Cc1c(O)cc(C(C)(C)C)cc1C(C)(C)C. The van der Waals surface area contributed by atoms with Crippen LogP contribution in [0.15, 0.2) is 24.3 Å². The molecule has 190 valence electrons. The maximum absolute atomic E-state index is 11.2. The molecule has 2 rings (SSSR count). The van der Waals surface area contributed by atoms with E-state index in [1.165, 1.54) is 0 Å². The quantitative estimate of drug-likeness (QED) is 0.461. The molecule has 4 nitrogen and oxygen atoms in total. The molecule has 0 saturated heterocycles. The number of aryl methyl sites for hydroxylation is 1. The lowest BCUT2D eigenvalue weighted by Crippen LogP contribution is -2.29. The van der Waals surface area contributed by atoms with Gasteiger partial charge in [-0.2, -0.15) is 0 Å². The number of hydrogen-bond donors (Lipinski definition) is 2. The van der Waals surface area contributed by atoms with Crippen LogP contribution < -0.4 is 0 Å². The minimum atomic E-state index is -0.150. The van der Waals surface area contributed by atoms with Crippen LogP contribution in [-0.2, 0) is 34.1 Å². The summed E-state index contributed by atoms with van der Waals surface area (Å²) in [6.45, 7) is 24.0. The first-order valence-electron chi connectivity index (χ1n) is 12.4. The Morgan fingerprint density at radius 3 is 1.85 bits per heavy atom. The summed E-state index contributed by atoms with van der Waals surface area (Å²) < 4.78 is 5.40. The van der Waals surface area contributed by atoms with Gasteiger partial charge < -0.3 is 14.9 Å². The fraction of sp³-hybridized carbons (Fsp3) is 0.600. The third-order valence-electron chi connectivity index (χ3n) is 6.43. The summed E-state index contributed by atoms with van der Waals surface area (Å²) in [5.41, 5.74) is 5.91. The molecule has 0 fully saturated rings. The van der Waals surface area contributed by atoms with Crippen LogP contribution in [0.3, 0.4) is 0 Å². The van der Waals surface area contributed by atoms with Crippen LogP contribution in [0.2, 0.25) is 0 Å². The van der Waals surface area contributed by atoms with Crippen molar-refractivity contribution in [3.05, 3.63) is 57.6 Å². The van der Waals surface area contributed by atoms with Gasteiger partial charge in [-0.3, -0.25) is 4.90 Å².